The summed E-state index contributed by atoms with van der Waals surface area (Å²) in [6.45, 7) is 1.84. The largest absolute Gasteiger partial charge is 0.317 e. The molecule has 0 aromatic heterocycles. The van der Waals surface area contributed by atoms with Crippen molar-refractivity contribution >= 4 is 0 Å². The molecule has 0 aliphatic heterocycles. The highest BCUT2D eigenvalue weighted by atomic mass is 19.1. The number of alkyl halides is 1. The van der Waals surface area contributed by atoms with Gasteiger partial charge in [0.15, 0.2) is 0 Å². The molecule has 0 amide bonds. The minimum absolute atomic E-state index is 0.209. The zero-order chi connectivity index (χ0) is 6.41. The second kappa shape index (κ2) is 5.04. The lowest BCUT2D eigenvalue weighted by Crippen LogP contribution is -2.24. The van der Waals surface area contributed by atoms with Gasteiger partial charge in [-0.2, -0.15) is 0 Å². The molecule has 0 saturated heterocycles. The Balaban J connectivity index is 3.07. The second-order valence-electron chi connectivity index (χ2n) is 1.87. The van der Waals surface area contributed by atoms with Gasteiger partial charge in [0.2, 0.25) is 0 Å². The lowest BCUT2D eigenvalue weighted by molar-refractivity contribution is 0.403. The summed E-state index contributed by atoms with van der Waals surface area (Å²) in [5.74, 6) is 0. The summed E-state index contributed by atoms with van der Waals surface area (Å²) in [6, 6.07) is 0.375. The van der Waals surface area contributed by atoms with Crippen molar-refractivity contribution in [2.45, 2.75) is 25.8 Å². The molecule has 0 bridgehead atoms. The Bertz CT molecular complexity index is 43.8. The van der Waals surface area contributed by atoms with E-state index in [9.17, 15) is 4.39 Å². The van der Waals surface area contributed by atoms with Crippen LogP contribution < -0.4 is 5.32 Å². The highest BCUT2D eigenvalue weighted by Gasteiger charge is 1.99. The topological polar surface area (TPSA) is 12.0 Å². The summed E-state index contributed by atoms with van der Waals surface area (Å²) in [6.07, 6.45) is 1.66. The number of rotatable bonds is 4. The Morgan fingerprint density at radius 3 is 2.38 bits per heavy atom. The first-order valence-electron chi connectivity index (χ1n) is 3.08. The zero-order valence-electron chi connectivity index (χ0n) is 5.58. The monoisotopic (exact) mass is 119 g/mol. The highest BCUT2D eigenvalue weighted by molar-refractivity contribution is 4.59. The summed E-state index contributed by atoms with van der Waals surface area (Å²) < 4.78 is 11.6. The maximum atomic E-state index is 11.6. The molecule has 0 aliphatic carbocycles. The van der Waals surface area contributed by atoms with Crippen LogP contribution >= 0.6 is 0 Å². The summed E-state index contributed by atoms with van der Waals surface area (Å²) in [5, 5.41) is 3.01. The van der Waals surface area contributed by atoms with Gasteiger partial charge in [0.25, 0.3) is 0 Å². The van der Waals surface area contributed by atoms with Crippen LogP contribution in [-0.4, -0.2) is 19.8 Å². The molecule has 0 aromatic carbocycles. The first-order chi connectivity index (χ1) is 3.85. The van der Waals surface area contributed by atoms with E-state index in [0.717, 1.165) is 6.42 Å². The van der Waals surface area contributed by atoms with Crippen molar-refractivity contribution in [1.29, 1.82) is 0 Å². The van der Waals surface area contributed by atoms with Crippen LogP contribution in [0.15, 0.2) is 0 Å². The minimum atomic E-state index is -0.209. The Morgan fingerprint density at radius 2 is 2.25 bits per heavy atom. The molecule has 0 heterocycles. The molecular weight excluding hydrogens is 105 g/mol. The third-order valence-electron chi connectivity index (χ3n) is 1.36. The fourth-order valence-corrected chi connectivity index (χ4v) is 0.684. The van der Waals surface area contributed by atoms with Crippen molar-refractivity contribution in [1.82, 2.24) is 5.32 Å². The minimum Gasteiger partial charge on any atom is -0.317 e. The average Bonchev–Trinajstić information content (AvgIpc) is 1.83. The highest BCUT2D eigenvalue weighted by Crippen LogP contribution is 1.95. The van der Waals surface area contributed by atoms with E-state index < -0.39 is 0 Å². The van der Waals surface area contributed by atoms with Gasteiger partial charge in [-0.25, -0.2) is 0 Å². The van der Waals surface area contributed by atoms with E-state index in [1.807, 2.05) is 7.05 Å². The van der Waals surface area contributed by atoms with Crippen LogP contribution in [0.2, 0.25) is 0 Å². The molecule has 0 aliphatic rings. The van der Waals surface area contributed by atoms with Gasteiger partial charge in [0.1, 0.15) is 0 Å². The molecule has 50 valence electrons. The molecule has 0 aromatic rings. The van der Waals surface area contributed by atoms with Crippen LogP contribution in [0.4, 0.5) is 4.39 Å². The third kappa shape index (κ3) is 2.97. The van der Waals surface area contributed by atoms with Crippen LogP contribution in [0.3, 0.4) is 0 Å². The third-order valence-corrected chi connectivity index (χ3v) is 1.36. The second-order valence-corrected chi connectivity index (χ2v) is 1.87. The maximum Gasteiger partial charge on any atom is 0.0909 e. The first kappa shape index (κ1) is 7.89. The molecule has 1 atom stereocenters. The molecule has 0 spiro atoms. The number of nitrogens with one attached hydrogen (secondary N) is 1. The van der Waals surface area contributed by atoms with Crippen LogP contribution in [-0.2, 0) is 0 Å². The Hall–Kier alpha value is -0.110. The van der Waals surface area contributed by atoms with Crippen molar-refractivity contribution < 1.29 is 4.39 Å². The number of halogens is 1. The van der Waals surface area contributed by atoms with E-state index in [1.165, 1.54) is 0 Å². The quantitative estimate of drug-likeness (QED) is 0.589. The van der Waals surface area contributed by atoms with E-state index in [0.29, 0.717) is 12.5 Å². The molecule has 0 saturated carbocycles. The summed E-state index contributed by atoms with van der Waals surface area (Å²) in [7, 11) is 1.86. The predicted molar refractivity (Wildman–Crippen MR) is 33.7 cm³/mol. The van der Waals surface area contributed by atoms with E-state index in [-0.39, 0.29) is 6.67 Å². The molecule has 2 heteroatoms. The fraction of sp³-hybridized carbons (Fsp3) is 1.00. The van der Waals surface area contributed by atoms with Crippen molar-refractivity contribution in [2.24, 2.45) is 0 Å². The normalized spacial score (nSPS) is 13.9. The standard InChI is InChI=1S/C6H14FN/c1-3-6(8-2)4-5-7/h6,8H,3-5H2,1-2H3. The average molecular weight is 119 g/mol. The van der Waals surface area contributed by atoms with Gasteiger partial charge in [0.05, 0.1) is 6.67 Å². The smallest absolute Gasteiger partial charge is 0.0909 e. The van der Waals surface area contributed by atoms with E-state index in [2.05, 4.69) is 12.2 Å². The van der Waals surface area contributed by atoms with Crippen LogP contribution in [0, 0.1) is 0 Å². The lowest BCUT2D eigenvalue weighted by atomic mass is 10.2. The van der Waals surface area contributed by atoms with Crippen LogP contribution in [0.25, 0.3) is 0 Å². The van der Waals surface area contributed by atoms with Crippen molar-refractivity contribution in [3.63, 3.8) is 0 Å². The van der Waals surface area contributed by atoms with Gasteiger partial charge >= 0.3 is 0 Å². The van der Waals surface area contributed by atoms with Crippen LogP contribution in [0.1, 0.15) is 19.8 Å². The van der Waals surface area contributed by atoms with Gasteiger partial charge in [-0.1, -0.05) is 6.92 Å². The molecular formula is C6H14FN. The number of hydrogen-bond acceptors (Lipinski definition) is 1. The first-order valence-corrected chi connectivity index (χ1v) is 3.08. The predicted octanol–water partition coefficient (Wildman–Crippen LogP) is 1.34. The Morgan fingerprint density at radius 1 is 1.62 bits per heavy atom. The zero-order valence-corrected chi connectivity index (χ0v) is 5.58. The van der Waals surface area contributed by atoms with Gasteiger partial charge in [-0.15, -0.1) is 0 Å². The van der Waals surface area contributed by atoms with Gasteiger partial charge in [0, 0.05) is 6.04 Å². The summed E-state index contributed by atoms with van der Waals surface area (Å²) >= 11 is 0. The molecule has 1 N–H and O–H groups in total. The number of hydrogen-bond donors (Lipinski definition) is 1. The maximum absolute atomic E-state index is 11.6. The Kier molecular flexibility index (Phi) is 4.97. The van der Waals surface area contributed by atoms with Crippen molar-refractivity contribution in [3.8, 4) is 0 Å². The lowest BCUT2D eigenvalue weighted by Gasteiger charge is -2.09. The molecule has 0 fully saturated rings. The molecule has 0 rings (SSSR count). The summed E-state index contributed by atoms with van der Waals surface area (Å²) in [5.41, 5.74) is 0. The molecule has 1 nitrogen and oxygen atoms in total. The Labute approximate surface area is 50.3 Å². The van der Waals surface area contributed by atoms with Gasteiger partial charge in [-0.3, -0.25) is 4.39 Å². The van der Waals surface area contributed by atoms with Crippen molar-refractivity contribution in [3.05, 3.63) is 0 Å². The van der Waals surface area contributed by atoms with Crippen molar-refractivity contribution in [2.75, 3.05) is 13.7 Å². The van der Waals surface area contributed by atoms with E-state index in [1.54, 1.807) is 0 Å². The van der Waals surface area contributed by atoms with Gasteiger partial charge in [-0.05, 0) is 19.9 Å². The van der Waals surface area contributed by atoms with E-state index >= 15 is 0 Å². The SMILES string of the molecule is CCC(CCF)NC. The molecule has 8 heavy (non-hydrogen) atoms. The van der Waals surface area contributed by atoms with E-state index in [4.69, 9.17) is 0 Å². The molecule has 0 radical (unpaired) electrons. The molecule has 1 unspecified atom stereocenters. The van der Waals surface area contributed by atoms with Gasteiger partial charge < -0.3 is 5.32 Å². The van der Waals surface area contributed by atoms with Crippen LogP contribution in [0.5, 0.6) is 0 Å². The fourth-order valence-electron chi connectivity index (χ4n) is 0.684. The summed E-state index contributed by atoms with van der Waals surface area (Å²) in [4.78, 5) is 0.